The Morgan fingerprint density at radius 3 is 2.67 bits per heavy atom. The van der Waals surface area contributed by atoms with Gasteiger partial charge in [0.1, 0.15) is 0 Å². The molecular formula is C11H6F3NO3. The summed E-state index contributed by atoms with van der Waals surface area (Å²) in [5.74, 6) is -3.31. The van der Waals surface area contributed by atoms with Crippen molar-refractivity contribution in [1.29, 1.82) is 5.26 Å². The summed E-state index contributed by atoms with van der Waals surface area (Å²) in [7, 11) is 0. The van der Waals surface area contributed by atoms with E-state index in [9.17, 15) is 18.0 Å². The van der Waals surface area contributed by atoms with Gasteiger partial charge in [-0.05, 0) is 12.1 Å². The number of rotatable bonds is 4. The van der Waals surface area contributed by atoms with Crippen LogP contribution in [-0.2, 0) is 4.79 Å². The van der Waals surface area contributed by atoms with Crippen molar-refractivity contribution >= 4 is 12.0 Å². The molecule has 0 radical (unpaired) electrons. The van der Waals surface area contributed by atoms with E-state index >= 15 is 0 Å². The van der Waals surface area contributed by atoms with Crippen LogP contribution in [0.1, 0.15) is 11.1 Å². The summed E-state index contributed by atoms with van der Waals surface area (Å²) in [6, 6.07) is 3.45. The summed E-state index contributed by atoms with van der Waals surface area (Å²) in [5, 5.41) is 17.0. The van der Waals surface area contributed by atoms with Crippen LogP contribution in [0.5, 0.6) is 5.75 Å². The third-order valence-electron chi connectivity index (χ3n) is 1.82. The highest BCUT2D eigenvalue weighted by molar-refractivity contribution is 5.85. The van der Waals surface area contributed by atoms with E-state index in [1.54, 1.807) is 6.07 Å². The van der Waals surface area contributed by atoms with Crippen LogP contribution in [0.4, 0.5) is 13.2 Å². The van der Waals surface area contributed by atoms with Crippen LogP contribution in [0, 0.1) is 17.1 Å². The molecule has 0 aliphatic rings. The molecule has 0 aromatic heterocycles. The second-order valence-electron chi connectivity index (χ2n) is 3.04. The summed E-state index contributed by atoms with van der Waals surface area (Å²) in [6.45, 7) is -3.25. The lowest BCUT2D eigenvalue weighted by molar-refractivity contribution is -0.131. The van der Waals surface area contributed by atoms with E-state index in [2.05, 4.69) is 4.74 Å². The zero-order chi connectivity index (χ0) is 13.7. The minimum Gasteiger partial charge on any atom is -0.478 e. The fourth-order valence-corrected chi connectivity index (χ4v) is 1.15. The lowest BCUT2D eigenvalue weighted by atomic mass is 10.1. The standard InChI is InChI=1S/C11H6F3NO3/c12-10-7(1-2-9(16)17)3-6(5-15)4-8(10)18-11(13)14/h1-4,11H,(H,16,17)/b2-1+. The fourth-order valence-electron chi connectivity index (χ4n) is 1.15. The lowest BCUT2D eigenvalue weighted by Gasteiger charge is -2.08. The molecule has 1 aromatic rings. The van der Waals surface area contributed by atoms with E-state index in [1.165, 1.54) is 0 Å². The van der Waals surface area contributed by atoms with Gasteiger partial charge in [0, 0.05) is 17.7 Å². The summed E-state index contributed by atoms with van der Waals surface area (Å²) in [4.78, 5) is 10.3. The van der Waals surface area contributed by atoms with Crippen LogP contribution in [0.2, 0.25) is 0 Å². The van der Waals surface area contributed by atoms with Gasteiger partial charge in [0.15, 0.2) is 11.6 Å². The Labute approximate surface area is 99.5 Å². The molecule has 4 nitrogen and oxygen atoms in total. The summed E-state index contributed by atoms with van der Waals surface area (Å²) in [6.07, 6.45) is 1.46. The van der Waals surface area contributed by atoms with Crippen LogP contribution >= 0.6 is 0 Å². The highest BCUT2D eigenvalue weighted by atomic mass is 19.3. The van der Waals surface area contributed by atoms with E-state index in [4.69, 9.17) is 10.4 Å². The Bertz CT molecular complexity index is 535. The molecule has 1 aromatic carbocycles. The highest BCUT2D eigenvalue weighted by Gasteiger charge is 2.14. The minimum atomic E-state index is -3.25. The average molecular weight is 257 g/mol. The Morgan fingerprint density at radius 1 is 1.50 bits per heavy atom. The van der Waals surface area contributed by atoms with Gasteiger partial charge in [0.2, 0.25) is 0 Å². The number of hydrogen-bond acceptors (Lipinski definition) is 3. The van der Waals surface area contributed by atoms with Gasteiger partial charge in [-0.25, -0.2) is 9.18 Å². The quantitative estimate of drug-likeness (QED) is 0.841. The number of carboxylic acids is 1. The van der Waals surface area contributed by atoms with Gasteiger partial charge >= 0.3 is 12.6 Å². The SMILES string of the molecule is N#Cc1cc(/C=C/C(=O)O)c(F)c(OC(F)F)c1. The van der Waals surface area contributed by atoms with Crippen LogP contribution in [0.3, 0.4) is 0 Å². The van der Waals surface area contributed by atoms with Crippen molar-refractivity contribution in [1.82, 2.24) is 0 Å². The molecule has 0 bridgehead atoms. The molecule has 0 heterocycles. The first-order valence-electron chi connectivity index (χ1n) is 4.53. The number of aliphatic carboxylic acids is 1. The summed E-state index contributed by atoms with van der Waals surface area (Å²) in [5.41, 5.74) is -0.454. The van der Waals surface area contributed by atoms with E-state index < -0.39 is 24.1 Å². The first kappa shape index (κ1) is 13.6. The normalized spacial score (nSPS) is 10.6. The number of ether oxygens (including phenoxy) is 1. The van der Waals surface area contributed by atoms with Crippen LogP contribution in [0.15, 0.2) is 18.2 Å². The Morgan fingerprint density at radius 2 is 2.17 bits per heavy atom. The van der Waals surface area contributed by atoms with Crippen molar-refractivity contribution in [2.75, 3.05) is 0 Å². The van der Waals surface area contributed by atoms with Gasteiger partial charge in [-0.3, -0.25) is 0 Å². The molecule has 94 valence electrons. The molecule has 1 N–H and O–H groups in total. The van der Waals surface area contributed by atoms with E-state index in [0.29, 0.717) is 6.08 Å². The molecule has 0 atom stereocenters. The zero-order valence-electron chi connectivity index (χ0n) is 8.73. The summed E-state index contributed by atoms with van der Waals surface area (Å²) < 4.78 is 41.5. The van der Waals surface area contributed by atoms with Crippen molar-refractivity contribution in [2.45, 2.75) is 6.61 Å². The van der Waals surface area contributed by atoms with Gasteiger partial charge in [0.05, 0.1) is 11.6 Å². The number of halogens is 3. The number of benzene rings is 1. The van der Waals surface area contributed by atoms with Crippen molar-refractivity contribution in [3.8, 4) is 11.8 Å². The number of hydrogen-bond donors (Lipinski definition) is 1. The molecule has 0 fully saturated rings. The van der Waals surface area contributed by atoms with Crippen molar-refractivity contribution in [3.63, 3.8) is 0 Å². The largest absolute Gasteiger partial charge is 0.478 e. The Balaban J connectivity index is 3.25. The van der Waals surface area contributed by atoms with Crippen molar-refractivity contribution in [3.05, 3.63) is 35.2 Å². The van der Waals surface area contributed by atoms with Crippen molar-refractivity contribution in [2.24, 2.45) is 0 Å². The molecule has 0 spiro atoms. The summed E-state index contributed by atoms with van der Waals surface area (Å²) >= 11 is 0. The molecule has 0 amide bonds. The maximum Gasteiger partial charge on any atom is 0.387 e. The van der Waals surface area contributed by atoms with Crippen LogP contribution in [0.25, 0.3) is 6.08 Å². The van der Waals surface area contributed by atoms with Gasteiger partial charge in [-0.15, -0.1) is 0 Å². The predicted octanol–water partition coefficient (Wildman–Crippen LogP) is 2.40. The molecule has 0 aliphatic heterocycles. The van der Waals surface area contributed by atoms with E-state index in [1.807, 2.05) is 0 Å². The second kappa shape index (κ2) is 5.72. The number of carbonyl (C=O) groups is 1. The highest BCUT2D eigenvalue weighted by Crippen LogP contribution is 2.25. The first-order chi connectivity index (χ1) is 8.43. The third kappa shape index (κ3) is 3.52. The molecule has 18 heavy (non-hydrogen) atoms. The monoisotopic (exact) mass is 257 g/mol. The molecule has 1 rings (SSSR count). The van der Waals surface area contributed by atoms with Crippen molar-refractivity contribution < 1.29 is 27.8 Å². The third-order valence-corrected chi connectivity index (χ3v) is 1.82. The van der Waals surface area contributed by atoms with E-state index in [0.717, 1.165) is 18.2 Å². The fraction of sp³-hybridized carbons (Fsp3) is 0.0909. The molecular weight excluding hydrogens is 251 g/mol. The second-order valence-corrected chi connectivity index (χ2v) is 3.04. The Kier molecular flexibility index (Phi) is 4.32. The molecule has 0 saturated heterocycles. The smallest absolute Gasteiger partial charge is 0.387 e. The maximum absolute atomic E-state index is 13.6. The number of carboxylic acid groups (broad SMARTS) is 1. The minimum absolute atomic E-state index is 0.128. The van der Waals surface area contributed by atoms with Crippen LogP contribution < -0.4 is 4.74 Å². The Hall–Kier alpha value is -2.49. The van der Waals surface area contributed by atoms with Gasteiger partial charge in [0.25, 0.3) is 0 Å². The van der Waals surface area contributed by atoms with E-state index in [-0.39, 0.29) is 11.1 Å². The molecule has 0 saturated carbocycles. The first-order valence-corrected chi connectivity index (χ1v) is 4.53. The van der Waals surface area contributed by atoms with Crippen LogP contribution in [-0.4, -0.2) is 17.7 Å². The number of alkyl halides is 2. The number of nitriles is 1. The van der Waals surface area contributed by atoms with Gasteiger partial charge < -0.3 is 9.84 Å². The van der Waals surface area contributed by atoms with Gasteiger partial charge in [-0.2, -0.15) is 14.0 Å². The van der Waals surface area contributed by atoms with Gasteiger partial charge in [-0.1, -0.05) is 0 Å². The predicted molar refractivity (Wildman–Crippen MR) is 54.4 cm³/mol. The topological polar surface area (TPSA) is 70.3 Å². The molecule has 7 heteroatoms. The number of nitrogens with zero attached hydrogens (tertiary/aromatic N) is 1. The zero-order valence-corrected chi connectivity index (χ0v) is 8.73. The average Bonchev–Trinajstić information content (AvgIpc) is 2.29. The maximum atomic E-state index is 13.6. The molecule has 0 unspecified atom stereocenters. The molecule has 0 aliphatic carbocycles. The lowest BCUT2D eigenvalue weighted by Crippen LogP contribution is -2.05.